The number of hydrogen-bond acceptors (Lipinski definition) is 5. The molecule has 0 aliphatic heterocycles. The van der Waals surface area contributed by atoms with Crippen LogP contribution in [0.4, 0.5) is 5.69 Å². The number of nitrogens with zero attached hydrogens (tertiary/aromatic N) is 1. The van der Waals surface area contributed by atoms with E-state index in [9.17, 15) is 14.4 Å². The first-order valence-electron chi connectivity index (χ1n) is 8.47. The number of carbonyl (C=O) groups excluding carboxylic acids is 3. The molecule has 0 bridgehead atoms. The lowest BCUT2D eigenvalue weighted by Gasteiger charge is -2.15. The molecule has 2 aromatic rings. The molecule has 8 heteroatoms. The van der Waals surface area contributed by atoms with Crippen LogP contribution in [0.2, 0.25) is 5.02 Å². The van der Waals surface area contributed by atoms with Gasteiger partial charge >= 0.3 is 5.97 Å². The molecule has 2 rings (SSSR count). The number of nitrogens with one attached hydrogen (secondary N) is 1. The standard InChI is InChI=1S/C20H21ClN2O4S/c1-13(19(25)22-15-8-6-7-14(21)11-15)27-20(26)16-9-4-5-10-17(16)28-12-18(24)23(2)3/h4-11,13H,12H2,1-3H3,(H,22,25). The Kier molecular flexibility index (Phi) is 7.90. The van der Waals surface area contributed by atoms with Crippen molar-refractivity contribution in [1.29, 1.82) is 0 Å². The first-order valence-corrected chi connectivity index (χ1v) is 9.83. The summed E-state index contributed by atoms with van der Waals surface area (Å²) in [6, 6.07) is 13.5. The smallest absolute Gasteiger partial charge is 0.340 e. The Labute approximate surface area is 173 Å². The second-order valence-electron chi connectivity index (χ2n) is 6.12. The van der Waals surface area contributed by atoms with Gasteiger partial charge in [-0.1, -0.05) is 29.8 Å². The van der Waals surface area contributed by atoms with Crippen LogP contribution < -0.4 is 5.32 Å². The third kappa shape index (κ3) is 6.28. The molecule has 0 saturated heterocycles. The molecule has 0 saturated carbocycles. The zero-order chi connectivity index (χ0) is 20.7. The molecule has 148 valence electrons. The van der Waals surface area contributed by atoms with Crippen molar-refractivity contribution < 1.29 is 19.1 Å². The van der Waals surface area contributed by atoms with E-state index in [1.54, 1.807) is 62.6 Å². The average molecular weight is 421 g/mol. The molecule has 0 radical (unpaired) electrons. The van der Waals surface area contributed by atoms with Crippen molar-refractivity contribution in [2.75, 3.05) is 25.2 Å². The average Bonchev–Trinajstić information content (AvgIpc) is 2.66. The first kappa shape index (κ1) is 21.8. The van der Waals surface area contributed by atoms with Gasteiger partial charge in [0, 0.05) is 29.7 Å². The van der Waals surface area contributed by atoms with Crippen LogP contribution in [0.1, 0.15) is 17.3 Å². The van der Waals surface area contributed by atoms with Crippen LogP contribution in [0.3, 0.4) is 0 Å². The van der Waals surface area contributed by atoms with Crippen LogP contribution in [0, 0.1) is 0 Å². The number of amides is 2. The largest absolute Gasteiger partial charge is 0.449 e. The quantitative estimate of drug-likeness (QED) is 0.546. The predicted octanol–water partition coefficient (Wildman–Crippen LogP) is 3.70. The SMILES string of the molecule is CC(OC(=O)c1ccccc1SCC(=O)N(C)C)C(=O)Nc1cccc(Cl)c1. The van der Waals surface area contributed by atoms with E-state index in [0.717, 1.165) is 0 Å². The predicted molar refractivity (Wildman–Crippen MR) is 111 cm³/mol. The van der Waals surface area contributed by atoms with Gasteiger partial charge in [-0.15, -0.1) is 11.8 Å². The minimum atomic E-state index is -1.01. The van der Waals surface area contributed by atoms with E-state index in [1.165, 1.54) is 23.6 Å². The van der Waals surface area contributed by atoms with Crippen LogP contribution in [-0.4, -0.2) is 48.6 Å². The molecule has 0 fully saturated rings. The number of hydrogen-bond donors (Lipinski definition) is 1. The molecule has 1 N–H and O–H groups in total. The Bertz CT molecular complexity index is 873. The molecular weight excluding hydrogens is 400 g/mol. The van der Waals surface area contributed by atoms with Gasteiger partial charge in [-0.25, -0.2) is 4.79 Å². The molecule has 2 amide bonds. The highest BCUT2D eigenvalue weighted by atomic mass is 35.5. The molecule has 0 heterocycles. The molecule has 6 nitrogen and oxygen atoms in total. The first-order chi connectivity index (χ1) is 13.3. The van der Waals surface area contributed by atoms with E-state index < -0.39 is 18.0 Å². The summed E-state index contributed by atoms with van der Waals surface area (Å²) in [6.07, 6.45) is -1.01. The zero-order valence-corrected chi connectivity index (χ0v) is 17.3. The van der Waals surface area contributed by atoms with Crippen molar-refractivity contribution in [3.8, 4) is 0 Å². The number of thioether (sulfide) groups is 1. The summed E-state index contributed by atoms with van der Waals surface area (Å²) in [5, 5.41) is 3.14. The van der Waals surface area contributed by atoms with Gasteiger partial charge in [0.05, 0.1) is 11.3 Å². The minimum Gasteiger partial charge on any atom is -0.449 e. The Morgan fingerprint density at radius 2 is 1.86 bits per heavy atom. The van der Waals surface area contributed by atoms with Gasteiger partial charge in [0.2, 0.25) is 5.91 Å². The summed E-state index contributed by atoms with van der Waals surface area (Å²) in [5.74, 6) is -0.970. The molecular formula is C20H21ClN2O4S. The molecule has 0 aliphatic carbocycles. The fourth-order valence-electron chi connectivity index (χ4n) is 2.12. The lowest BCUT2D eigenvalue weighted by molar-refractivity contribution is -0.126. The van der Waals surface area contributed by atoms with Crippen molar-refractivity contribution in [3.05, 3.63) is 59.1 Å². The summed E-state index contributed by atoms with van der Waals surface area (Å²) in [4.78, 5) is 38.7. The summed E-state index contributed by atoms with van der Waals surface area (Å²) < 4.78 is 5.30. The highest BCUT2D eigenvalue weighted by Gasteiger charge is 2.21. The maximum Gasteiger partial charge on any atom is 0.340 e. The number of anilines is 1. The van der Waals surface area contributed by atoms with Crippen LogP contribution >= 0.6 is 23.4 Å². The Morgan fingerprint density at radius 1 is 1.14 bits per heavy atom. The highest BCUT2D eigenvalue weighted by molar-refractivity contribution is 8.00. The normalized spacial score (nSPS) is 11.4. The molecule has 0 spiro atoms. The van der Waals surface area contributed by atoms with Gasteiger partial charge in [-0.05, 0) is 37.3 Å². The van der Waals surface area contributed by atoms with Gasteiger partial charge < -0.3 is 15.0 Å². The Balaban J connectivity index is 2.01. The maximum absolute atomic E-state index is 12.5. The van der Waals surface area contributed by atoms with Crippen LogP contribution in [0.25, 0.3) is 0 Å². The third-order valence-corrected chi connectivity index (χ3v) is 5.00. The van der Waals surface area contributed by atoms with Gasteiger partial charge in [-0.3, -0.25) is 9.59 Å². The highest BCUT2D eigenvalue weighted by Crippen LogP contribution is 2.24. The number of ether oxygens (including phenoxy) is 1. The van der Waals surface area contributed by atoms with E-state index in [1.807, 2.05) is 0 Å². The number of halogens is 1. The van der Waals surface area contributed by atoms with Crippen LogP contribution in [0.5, 0.6) is 0 Å². The van der Waals surface area contributed by atoms with Crippen molar-refractivity contribution in [2.45, 2.75) is 17.9 Å². The molecule has 28 heavy (non-hydrogen) atoms. The van der Waals surface area contributed by atoms with E-state index in [-0.39, 0.29) is 11.7 Å². The maximum atomic E-state index is 12.5. The summed E-state index contributed by atoms with van der Waals surface area (Å²) in [5.41, 5.74) is 0.819. The minimum absolute atomic E-state index is 0.0672. The van der Waals surface area contributed by atoms with E-state index in [2.05, 4.69) is 5.32 Å². The van der Waals surface area contributed by atoms with Crippen LogP contribution in [-0.2, 0) is 14.3 Å². The number of rotatable bonds is 7. The number of carbonyl (C=O) groups is 3. The molecule has 0 aliphatic rings. The summed E-state index contributed by atoms with van der Waals surface area (Å²) in [6.45, 7) is 1.49. The number of benzene rings is 2. The molecule has 2 aromatic carbocycles. The van der Waals surface area contributed by atoms with Crippen molar-refractivity contribution >= 4 is 46.8 Å². The lowest BCUT2D eigenvalue weighted by atomic mass is 10.2. The second-order valence-corrected chi connectivity index (χ2v) is 7.57. The lowest BCUT2D eigenvalue weighted by Crippen LogP contribution is -2.30. The van der Waals surface area contributed by atoms with Gasteiger partial charge in [0.25, 0.3) is 5.91 Å². The molecule has 1 unspecified atom stereocenters. The summed E-state index contributed by atoms with van der Waals surface area (Å²) in [7, 11) is 3.34. The van der Waals surface area contributed by atoms with Crippen LogP contribution in [0.15, 0.2) is 53.4 Å². The fraction of sp³-hybridized carbons (Fsp3) is 0.250. The molecule has 0 aromatic heterocycles. The Hall–Kier alpha value is -2.51. The third-order valence-electron chi connectivity index (χ3n) is 3.70. The van der Waals surface area contributed by atoms with Crippen molar-refractivity contribution in [3.63, 3.8) is 0 Å². The van der Waals surface area contributed by atoms with Gasteiger partial charge in [0.15, 0.2) is 6.10 Å². The van der Waals surface area contributed by atoms with E-state index in [0.29, 0.717) is 21.2 Å². The van der Waals surface area contributed by atoms with Crippen molar-refractivity contribution in [2.24, 2.45) is 0 Å². The second kappa shape index (κ2) is 10.1. The zero-order valence-electron chi connectivity index (χ0n) is 15.8. The topological polar surface area (TPSA) is 75.7 Å². The van der Waals surface area contributed by atoms with E-state index >= 15 is 0 Å². The van der Waals surface area contributed by atoms with E-state index in [4.69, 9.17) is 16.3 Å². The monoisotopic (exact) mass is 420 g/mol. The number of esters is 1. The van der Waals surface area contributed by atoms with Gasteiger partial charge in [-0.2, -0.15) is 0 Å². The molecule has 1 atom stereocenters. The Morgan fingerprint density at radius 3 is 2.54 bits per heavy atom. The summed E-state index contributed by atoms with van der Waals surface area (Å²) >= 11 is 7.14. The van der Waals surface area contributed by atoms with Crippen molar-refractivity contribution in [1.82, 2.24) is 4.90 Å². The van der Waals surface area contributed by atoms with Gasteiger partial charge in [0.1, 0.15) is 0 Å². The fourth-order valence-corrected chi connectivity index (χ4v) is 3.33.